The van der Waals surface area contributed by atoms with Crippen LogP contribution in [0, 0.1) is 0 Å². The van der Waals surface area contributed by atoms with Gasteiger partial charge in [0.05, 0.1) is 0 Å². The first kappa shape index (κ1) is 19.9. The highest BCUT2D eigenvalue weighted by molar-refractivity contribution is 5.95. The minimum atomic E-state index is -0.272. The second-order valence-corrected chi connectivity index (χ2v) is 8.83. The number of rotatable bonds is 3. The number of hydrogen-bond acceptors (Lipinski definition) is 4. The number of nitrogens with zero attached hydrogens (tertiary/aromatic N) is 3. The van der Waals surface area contributed by atoms with Crippen LogP contribution >= 0.6 is 0 Å². The molecule has 0 unspecified atom stereocenters. The maximum absolute atomic E-state index is 13.0. The number of amides is 1. The number of aromatic hydroxyl groups is 1. The molecule has 0 radical (unpaired) electrons. The van der Waals surface area contributed by atoms with Crippen molar-refractivity contribution in [3.05, 3.63) is 53.1 Å². The molecule has 5 heteroatoms. The lowest BCUT2D eigenvalue weighted by Gasteiger charge is -2.28. The molecule has 0 fully saturated rings. The largest absolute Gasteiger partial charge is 0.507 e. The molecule has 1 aromatic heterocycles. The van der Waals surface area contributed by atoms with E-state index in [0.717, 1.165) is 16.7 Å². The highest BCUT2D eigenvalue weighted by atomic mass is 16.3. The number of carbonyl (C=O) groups excluding carboxylic acids is 1. The average molecular weight is 355 g/mol. The molecule has 0 atom stereocenters. The van der Waals surface area contributed by atoms with E-state index < -0.39 is 0 Å². The number of benzene rings is 1. The molecule has 1 aromatic carbocycles. The summed E-state index contributed by atoms with van der Waals surface area (Å²) >= 11 is 0. The van der Waals surface area contributed by atoms with E-state index in [-0.39, 0.29) is 22.5 Å². The topological polar surface area (TPSA) is 66.3 Å². The Balaban J connectivity index is 2.46. The SMILES string of the molecule is CN(Cc1cncnc1)C(=O)c1cc(C(C)(C)C)c(O)c(C(C)(C)C)c1. The van der Waals surface area contributed by atoms with Crippen LogP contribution < -0.4 is 0 Å². The third kappa shape index (κ3) is 4.40. The van der Waals surface area contributed by atoms with Crippen LogP contribution in [-0.2, 0) is 17.4 Å². The molecule has 0 saturated heterocycles. The molecule has 0 saturated carbocycles. The third-order valence-corrected chi connectivity index (χ3v) is 4.35. The Kier molecular flexibility index (Phi) is 5.40. The summed E-state index contributed by atoms with van der Waals surface area (Å²) in [6.07, 6.45) is 4.88. The van der Waals surface area contributed by atoms with E-state index in [4.69, 9.17) is 0 Å². The van der Waals surface area contributed by atoms with Gasteiger partial charge in [-0.15, -0.1) is 0 Å². The highest BCUT2D eigenvalue weighted by Gasteiger charge is 2.28. The zero-order chi connectivity index (χ0) is 19.7. The van der Waals surface area contributed by atoms with Crippen LogP contribution in [0.3, 0.4) is 0 Å². The molecule has 140 valence electrons. The standard InChI is InChI=1S/C21H29N3O2/c1-20(2,3)16-8-15(9-17(18(16)25)21(4,5)6)19(26)24(7)12-14-10-22-13-23-11-14/h8-11,13,25H,12H2,1-7H3. The quantitative estimate of drug-likeness (QED) is 0.902. The Hall–Kier alpha value is -2.43. The van der Waals surface area contributed by atoms with Gasteiger partial charge < -0.3 is 10.0 Å². The number of phenolic OH excluding ortho intramolecular Hbond substituents is 1. The van der Waals surface area contributed by atoms with Gasteiger partial charge >= 0.3 is 0 Å². The van der Waals surface area contributed by atoms with E-state index >= 15 is 0 Å². The monoisotopic (exact) mass is 355 g/mol. The zero-order valence-electron chi connectivity index (χ0n) is 16.8. The van der Waals surface area contributed by atoms with Gasteiger partial charge in [0.2, 0.25) is 0 Å². The summed E-state index contributed by atoms with van der Waals surface area (Å²) in [5, 5.41) is 10.8. The van der Waals surface area contributed by atoms with Crippen molar-refractivity contribution in [2.45, 2.75) is 58.9 Å². The van der Waals surface area contributed by atoms with Crippen LogP contribution in [0.1, 0.15) is 68.6 Å². The average Bonchev–Trinajstić information content (AvgIpc) is 2.53. The Bertz CT molecular complexity index is 752. The maximum Gasteiger partial charge on any atom is 0.253 e. The Morgan fingerprint density at radius 3 is 1.88 bits per heavy atom. The number of carbonyl (C=O) groups is 1. The van der Waals surface area contributed by atoms with Crippen LogP contribution in [0.25, 0.3) is 0 Å². The summed E-state index contributed by atoms with van der Waals surface area (Å²) in [6, 6.07) is 3.62. The predicted molar refractivity (Wildman–Crippen MR) is 103 cm³/mol. The summed E-state index contributed by atoms with van der Waals surface area (Å²) in [4.78, 5) is 22.6. The van der Waals surface area contributed by atoms with Crippen LogP contribution in [0.2, 0.25) is 0 Å². The summed E-state index contributed by atoms with van der Waals surface area (Å²) < 4.78 is 0. The van der Waals surface area contributed by atoms with Crippen molar-refractivity contribution in [2.24, 2.45) is 0 Å². The number of aromatic nitrogens is 2. The molecule has 26 heavy (non-hydrogen) atoms. The highest BCUT2D eigenvalue weighted by Crippen LogP contribution is 2.40. The Morgan fingerprint density at radius 2 is 1.46 bits per heavy atom. The van der Waals surface area contributed by atoms with Crippen LogP contribution in [0.5, 0.6) is 5.75 Å². The molecule has 5 nitrogen and oxygen atoms in total. The van der Waals surface area contributed by atoms with Crippen molar-refractivity contribution in [3.63, 3.8) is 0 Å². The Morgan fingerprint density at radius 1 is 1.00 bits per heavy atom. The van der Waals surface area contributed by atoms with E-state index in [1.807, 2.05) is 53.7 Å². The molecule has 0 bridgehead atoms. The maximum atomic E-state index is 13.0. The summed E-state index contributed by atoms with van der Waals surface area (Å²) in [7, 11) is 1.76. The molecule has 0 aliphatic heterocycles. The van der Waals surface area contributed by atoms with Crippen molar-refractivity contribution in [1.82, 2.24) is 14.9 Å². The van der Waals surface area contributed by atoms with Gasteiger partial charge in [-0.1, -0.05) is 41.5 Å². The van der Waals surface area contributed by atoms with Gasteiger partial charge in [-0.25, -0.2) is 9.97 Å². The fourth-order valence-electron chi connectivity index (χ4n) is 2.88. The van der Waals surface area contributed by atoms with Crippen molar-refractivity contribution >= 4 is 5.91 Å². The van der Waals surface area contributed by atoms with E-state index in [0.29, 0.717) is 12.1 Å². The first-order valence-electron chi connectivity index (χ1n) is 8.78. The van der Waals surface area contributed by atoms with Gasteiger partial charge in [0.15, 0.2) is 0 Å². The van der Waals surface area contributed by atoms with Crippen LogP contribution in [0.15, 0.2) is 30.9 Å². The van der Waals surface area contributed by atoms with Crippen LogP contribution in [-0.4, -0.2) is 32.9 Å². The van der Waals surface area contributed by atoms with Crippen molar-refractivity contribution in [2.75, 3.05) is 7.05 Å². The minimum absolute atomic E-state index is 0.0927. The number of hydrogen-bond donors (Lipinski definition) is 1. The van der Waals surface area contributed by atoms with Gasteiger partial charge in [0.25, 0.3) is 5.91 Å². The predicted octanol–water partition coefficient (Wildman–Crippen LogP) is 4.05. The van der Waals surface area contributed by atoms with Gasteiger partial charge in [-0.05, 0) is 23.0 Å². The molecule has 0 aliphatic rings. The zero-order valence-corrected chi connectivity index (χ0v) is 16.8. The van der Waals surface area contributed by atoms with Crippen molar-refractivity contribution in [1.29, 1.82) is 0 Å². The fraction of sp³-hybridized carbons (Fsp3) is 0.476. The molecule has 0 aliphatic carbocycles. The number of phenols is 1. The van der Waals surface area contributed by atoms with E-state index in [1.54, 1.807) is 24.3 Å². The molecule has 1 amide bonds. The summed E-state index contributed by atoms with van der Waals surface area (Å²) in [5.74, 6) is 0.186. The summed E-state index contributed by atoms with van der Waals surface area (Å²) in [5.41, 5.74) is 2.47. The molecule has 1 heterocycles. The molecular formula is C21H29N3O2. The van der Waals surface area contributed by atoms with Gasteiger partial charge in [0.1, 0.15) is 12.1 Å². The lowest BCUT2D eigenvalue weighted by molar-refractivity contribution is 0.0784. The smallest absolute Gasteiger partial charge is 0.253 e. The third-order valence-electron chi connectivity index (χ3n) is 4.35. The molecule has 1 N–H and O–H groups in total. The fourth-order valence-corrected chi connectivity index (χ4v) is 2.88. The van der Waals surface area contributed by atoms with Gasteiger partial charge in [-0.2, -0.15) is 0 Å². The van der Waals surface area contributed by atoms with E-state index in [1.165, 1.54) is 6.33 Å². The van der Waals surface area contributed by atoms with E-state index in [9.17, 15) is 9.90 Å². The van der Waals surface area contributed by atoms with Crippen molar-refractivity contribution in [3.8, 4) is 5.75 Å². The Labute approximate surface area is 156 Å². The second-order valence-electron chi connectivity index (χ2n) is 8.83. The molecule has 2 aromatic rings. The summed E-state index contributed by atoms with van der Waals surface area (Å²) in [6.45, 7) is 12.6. The normalized spacial score (nSPS) is 12.1. The molecule has 0 spiro atoms. The van der Waals surface area contributed by atoms with Gasteiger partial charge in [-0.3, -0.25) is 4.79 Å². The molecular weight excluding hydrogens is 326 g/mol. The lowest BCUT2D eigenvalue weighted by atomic mass is 9.78. The first-order valence-corrected chi connectivity index (χ1v) is 8.78. The van der Waals surface area contributed by atoms with E-state index in [2.05, 4.69) is 9.97 Å². The first-order chi connectivity index (χ1) is 11.9. The van der Waals surface area contributed by atoms with Gasteiger partial charge in [0, 0.05) is 48.2 Å². The lowest BCUT2D eigenvalue weighted by Crippen LogP contribution is -2.28. The second kappa shape index (κ2) is 7.06. The van der Waals surface area contributed by atoms with Crippen molar-refractivity contribution < 1.29 is 9.90 Å². The van der Waals surface area contributed by atoms with Crippen LogP contribution in [0.4, 0.5) is 0 Å². The minimum Gasteiger partial charge on any atom is -0.507 e. The molecule has 2 rings (SSSR count).